The van der Waals surface area contributed by atoms with Crippen molar-refractivity contribution in [2.45, 2.75) is 17.4 Å². The van der Waals surface area contributed by atoms with Crippen LogP contribution in [0.2, 0.25) is 0 Å². The summed E-state index contributed by atoms with van der Waals surface area (Å²) < 4.78 is 5.39. The lowest BCUT2D eigenvalue weighted by atomic mass is 10.2. The SMILES string of the molecule is CSc1ccccc1N1C(=O)C[C@@H](Nc2ccc(N3CCOCC3)cc2)C1=O. The second-order valence-corrected chi connectivity index (χ2v) is 7.63. The smallest absolute Gasteiger partial charge is 0.256 e. The van der Waals surface area contributed by atoms with Gasteiger partial charge in [0.15, 0.2) is 0 Å². The lowest BCUT2D eigenvalue weighted by molar-refractivity contribution is -0.121. The summed E-state index contributed by atoms with van der Waals surface area (Å²) in [6.45, 7) is 3.25. The van der Waals surface area contributed by atoms with Crippen LogP contribution in [0.25, 0.3) is 0 Å². The molecule has 2 fully saturated rings. The van der Waals surface area contributed by atoms with E-state index in [0.29, 0.717) is 5.69 Å². The summed E-state index contributed by atoms with van der Waals surface area (Å²) in [6, 6.07) is 14.9. The minimum atomic E-state index is -0.545. The molecule has 2 saturated heterocycles. The van der Waals surface area contributed by atoms with E-state index in [9.17, 15) is 9.59 Å². The van der Waals surface area contributed by atoms with Crippen LogP contribution in [0.15, 0.2) is 53.4 Å². The van der Waals surface area contributed by atoms with Crippen molar-refractivity contribution in [2.75, 3.05) is 47.7 Å². The quantitative estimate of drug-likeness (QED) is 0.618. The zero-order chi connectivity index (χ0) is 19.5. The Hall–Kier alpha value is -2.51. The van der Waals surface area contributed by atoms with Gasteiger partial charge in [0, 0.05) is 29.4 Å². The largest absolute Gasteiger partial charge is 0.378 e. The number of ether oxygens (including phenoxy) is 1. The zero-order valence-corrected chi connectivity index (χ0v) is 16.6. The molecule has 2 aromatic carbocycles. The minimum absolute atomic E-state index is 0.159. The lowest BCUT2D eigenvalue weighted by Gasteiger charge is -2.29. The molecule has 2 aliphatic rings. The number of nitrogens with zero attached hydrogens (tertiary/aromatic N) is 2. The third kappa shape index (κ3) is 3.72. The molecule has 0 unspecified atom stereocenters. The number of carbonyl (C=O) groups excluding carboxylic acids is 2. The molecule has 146 valence electrons. The number of nitrogens with one attached hydrogen (secondary N) is 1. The van der Waals surface area contributed by atoms with E-state index in [2.05, 4.69) is 10.2 Å². The number of hydrogen-bond acceptors (Lipinski definition) is 6. The highest BCUT2D eigenvalue weighted by Gasteiger charge is 2.40. The van der Waals surface area contributed by atoms with Gasteiger partial charge in [-0.15, -0.1) is 11.8 Å². The highest BCUT2D eigenvalue weighted by molar-refractivity contribution is 7.98. The normalized spacial score (nSPS) is 20.0. The van der Waals surface area contributed by atoms with Crippen molar-refractivity contribution in [3.05, 3.63) is 48.5 Å². The highest BCUT2D eigenvalue weighted by atomic mass is 32.2. The third-order valence-electron chi connectivity index (χ3n) is 5.06. The average molecular weight is 398 g/mol. The number of thioether (sulfide) groups is 1. The van der Waals surface area contributed by atoms with E-state index < -0.39 is 6.04 Å². The Kier molecular flexibility index (Phi) is 5.54. The van der Waals surface area contributed by atoms with Crippen LogP contribution in [0.1, 0.15) is 6.42 Å². The van der Waals surface area contributed by atoms with Gasteiger partial charge >= 0.3 is 0 Å². The number of anilines is 3. The molecule has 1 N–H and O–H groups in total. The van der Waals surface area contributed by atoms with Crippen molar-refractivity contribution >= 4 is 40.6 Å². The molecule has 0 aliphatic carbocycles. The molecular weight excluding hydrogens is 374 g/mol. The number of carbonyl (C=O) groups is 2. The second kappa shape index (κ2) is 8.24. The molecule has 0 spiro atoms. The maximum absolute atomic E-state index is 12.9. The van der Waals surface area contributed by atoms with Gasteiger partial charge in [0.25, 0.3) is 5.91 Å². The van der Waals surface area contributed by atoms with Crippen LogP contribution in [0.4, 0.5) is 17.1 Å². The molecule has 0 aromatic heterocycles. The standard InChI is InChI=1S/C21H23N3O3S/c1-28-19-5-3-2-4-18(19)24-20(25)14-17(21(24)26)22-15-6-8-16(9-7-15)23-10-12-27-13-11-23/h2-9,17,22H,10-14H2,1H3/t17-/m1/s1. The van der Waals surface area contributed by atoms with E-state index >= 15 is 0 Å². The fraction of sp³-hybridized carbons (Fsp3) is 0.333. The predicted octanol–water partition coefficient (Wildman–Crippen LogP) is 2.99. The number of hydrogen-bond donors (Lipinski definition) is 1. The van der Waals surface area contributed by atoms with E-state index in [1.807, 2.05) is 54.8 Å². The van der Waals surface area contributed by atoms with Crippen molar-refractivity contribution in [3.8, 4) is 0 Å². The summed E-state index contributed by atoms with van der Waals surface area (Å²) >= 11 is 1.53. The first-order valence-electron chi connectivity index (χ1n) is 9.36. The van der Waals surface area contributed by atoms with E-state index in [4.69, 9.17) is 4.74 Å². The first-order chi connectivity index (χ1) is 13.7. The van der Waals surface area contributed by atoms with Crippen LogP contribution >= 0.6 is 11.8 Å². The number of para-hydroxylation sites is 1. The first kappa shape index (κ1) is 18.8. The minimum Gasteiger partial charge on any atom is -0.378 e. The predicted molar refractivity (Wildman–Crippen MR) is 112 cm³/mol. The van der Waals surface area contributed by atoms with Crippen molar-refractivity contribution in [1.29, 1.82) is 0 Å². The van der Waals surface area contributed by atoms with Gasteiger partial charge in [0.2, 0.25) is 5.91 Å². The van der Waals surface area contributed by atoms with Gasteiger partial charge in [-0.1, -0.05) is 12.1 Å². The van der Waals surface area contributed by atoms with E-state index in [0.717, 1.165) is 42.6 Å². The number of amides is 2. The maximum atomic E-state index is 12.9. The van der Waals surface area contributed by atoms with Crippen LogP contribution < -0.4 is 15.1 Å². The summed E-state index contributed by atoms with van der Waals surface area (Å²) in [5.74, 6) is -0.377. The molecule has 2 aromatic rings. The Morgan fingerprint density at radius 2 is 1.75 bits per heavy atom. The Morgan fingerprint density at radius 3 is 2.46 bits per heavy atom. The molecule has 6 nitrogen and oxygen atoms in total. The summed E-state index contributed by atoms with van der Waals surface area (Å²) in [5.41, 5.74) is 2.64. The number of imide groups is 1. The molecule has 0 bridgehead atoms. The molecule has 1 atom stereocenters. The van der Waals surface area contributed by atoms with Crippen LogP contribution in [0, 0.1) is 0 Å². The fourth-order valence-corrected chi connectivity index (χ4v) is 4.19. The Morgan fingerprint density at radius 1 is 1.04 bits per heavy atom. The van der Waals surface area contributed by atoms with E-state index in [1.165, 1.54) is 16.7 Å². The Balaban J connectivity index is 1.47. The first-order valence-corrected chi connectivity index (χ1v) is 10.6. The molecule has 2 amide bonds. The van der Waals surface area contributed by atoms with Crippen molar-refractivity contribution < 1.29 is 14.3 Å². The number of morpholine rings is 1. The maximum Gasteiger partial charge on any atom is 0.256 e. The molecule has 7 heteroatoms. The van der Waals surface area contributed by atoms with Gasteiger partial charge in [-0.05, 0) is 42.7 Å². The van der Waals surface area contributed by atoms with Crippen molar-refractivity contribution in [3.63, 3.8) is 0 Å². The Labute approximate surface area is 168 Å². The number of benzene rings is 2. The van der Waals surface area contributed by atoms with Gasteiger partial charge in [-0.3, -0.25) is 9.59 Å². The molecule has 0 radical (unpaired) electrons. The highest BCUT2D eigenvalue weighted by Crippen LogP contribution is 2.32. The van der Waals surface area contributed by atoms with Gasteiger partial charge in [-0.2, -0.15) is 0 Å². The van der Waals surface area contributed by atoms with Crippen LogP contribution in [-0.2, 0) is 14.3 Å². The average Bonchev–Trinajstić information content (AvgIpc) is 3.02. The summed E-state index contributed by atoms with van der Waals surface area (Å²) in [6.07, 6.45) is 2.10. The molecule has 28 heavy (non-hydrogen) atoms. The van der Waals surface area contributed by atoms with E-state index in [1.54, 1.807) is 0 Å². The summed E-state index contributed by atoms with van der Waals surface area (Å²) in [7, 11) is 0. The Bertz CT molecular complexity index is 865. The molecule has 2 aliphatic heterocycles. The third-order valence-corrected chi connectivity index (χ3v) is 5.84. The second-order valence-electron chi connectivity index (χ2n) is 6.79. The van der Waals surface area contributed by atoms with Crippen LogP contribution in [-0.4, -0.2) is 50.4 Å². The van der Waals surface area contributed by atoms with E-state index in [-0.39, 0.29) is 18.2 Å². The monoisotopic (exact) mass is 397 g/mol. The van der Waals surface area contributed by atoms with Crippen molar-refractivity contribution in [1.82, 2.24) is 0 Å². The molecular formula is C21H23N3O3S. The van der Waals surface area contributed by atoms with Gasteiger partial charge in [-0.25, -0.2) is 4.90 Å². The molecule has 2 heterocycles. The van der Waals surface area contributed by atoms with Gasteiger partial charge in [0.1, 0.15) is 6.04 Å². The topological polar surface area (TPSA) is 61.9 Å². The molecule has 0 saturated carbocycles. The van der Waals surface area contributed by atoms with Gasteiger partial charge in [0.05, 0.1) is 25.3 Å². The zero-order valence-electron chi connectivity index (χ0n) is 15.8. The molecule has 4 rings (SSSR count). The van der Waals surface area contributed by atoms with Crippen LogP contribution in [0.3, 0.4) is 0 Å². The lowest BCUT2D eigenvalue weighted by Crippen LogP contribution is -2.36. The summed E-state index contributed by atoms with van der Waals surface area (Å²) in [4.78, 5) is 30.0. The van der Waals surface area contributed by atoms with Gasteiger partial charge < -0.3 is 15.0 Å². The summed E-state index contributed by atoms with van der Waals surface area (Å²) in [5, 5.41) is 3.23. The van der Waals surface area contributed by atoms with Crippen LogP contribution in [0.5, 0.6) is 0 Å². The fourth-order valence-electron chi connectivity index (χ4n) is 3.60. The number of rotatable bonds is 5. The van der Waals surface area contributed by atoms with Crippen molar-refractivity contribution in [2.24, 2.45) is 0 Å².